The van der Waals surface area contributed by atoms with Crippen LogP contribution in [0, 0.1) is 25.5 Å². The molecule has 1 aliphatic heterocycles. The molecule has 2 aromatic rings. The van der Waals surface area contributed by atoms with Gasteiger partial charge in [0, 0.05) is 18.2 Å². The van der Waals surface area contributed by atoms with Gasteiger partial charge in [-0.1, -0.05) is 0 Å². The highest BCUT2D eigenvalue weighted by molar-refractivity contribution is 9.10. The Morgan fingerprint density at radius 1 is 1.27 bits per heavy atom. The van der Waals surface area contributed by atoms with Crippen molar-refractivity contribution >= 4 is 27.5 Å². The molecule has 1 aromatic heterocycles. The topological polar surface area (TPSA) is 33.5 Å². The van der Waals surface area contributed by atoms with Crippen molar-refractivity contribution in [3.05, 3.63) is 50.9 Å². The standard InChI is InChI=1S/C16H14BrF2NO2/c1-8-14(15(17)9(2)22-8)16(21)20-5-3-4-11-12(19)6-10(18)7-13(11)20/h6-7H,3-5H2,1-2H3. The lowest BCUT2D eigenvalue weighted by Gasteiger charge is -2.29. The highest BCUT2D eigenvalue weighted by Crippen LogP contribution is 2.34. The first-order valence-corrected chi connectivity index (χ1v) is 7.74. The average Bonchev–Trinajstić information content (AvgIpc) is 2.71. The number of fused-ring (bicyclic) bond motifs is 1. The molecule has 0 aliphatic carbocycles. The quantitative estimate of drug-likeness (QED) is 0.739. The molecule has 1 aromatic carbocycles. The second-order valence-electron chi connectivity index (χ2n) is 5.35. The fourth-order valence-electron chi connectivity index (χ4n) is 2.86. The smallest absolute Gasteiger partial charge is 0.262 e. The maximum atomic E-state index is 13.9. The lowest BCUT2D eigenvalue weighted by molar-refractivity contribution is 0.0983. The summed E-state index contributed by atoms with van der Waals surface area (Å²) in [6.07, 6.45) is 1.13. The van der Waals surface area contributed by atoms with Gasteiger partial charge in [-0.3, -0.25) is 4.79 Å². The fourth-order valence-corrected chi connectivity index (χ4v) is 3.39. The van der Waals surface area contributed by atoms with E-state index in [1.165, 1.54) is 11.0 Å². The second-order valence-corrected chi connectivity index (χ2v) is 6.14. The normalized spacial score (nSPS) is 14.1. The third-order valence-electron chi connectivity index (χ3n) is 3.88. The highest BCUT2D eigenvalue weighted by atomic mass is 79.9. The molecule has 0 saturated heterocycles. The first-order valence-electron chi connectivity index (χ1n) is 6.95. The van der Waals surface area contributed by atoms with Crippen LogP contribution in [0.2, 0.25) is 0 Å². The number of nitrogens with zero attached hydrogens (tertiary/aromatic N) is 1. The molecular weight excluding hydrogens is 356 g/mol. The van der Waals surface area contributed by atoms with E-state index in [2.05, 4.69) is 15.9 Å². The third kappa shape index (κ3) is 2.35. The Balaban J connectivity index is 2.10. The van der Waals surface area contributed by atoms with E-state index in [4.69, 9.17) is 4.42 Å². The summed E-state index contributed by atoms with van der Waals surface area (Å²) in [5.74, 6) is -0.518. The SMILES string of the molecule is Cc1oc(C)c(C(=O)N2CCCc3c(F)cc(F)cc32)c1Br. The van der Waals surface area contributed by atoms with Gasteiger partial charge in [0.15, 0.2) is 0 Å². The lowest BCUT2D eigenvalue weighted by atomic mass is 10.00. The number of hydrogen-bond donors (Lipinski definition) is 0. The molecular formula is C16H14BrF2NO2. The van der Waals surface area contributed by atoms with E-state index < -0.39 is 11.6 Å². The first-order chi connectivity index (χ1) is 10.4. The molecule has 1 aliphatic rings. The van der Waals surface area contributed by atoms with Crippen molar-refractivity contribution in [1.29, 1.82) is 0 Å². The van der Waals surface area contributed by atoms with Crippen molar-refractivity contribution in [3.63, 3.8) is 0 Å². The molecule has 0 saturated carbocycles. The molecule has 0 unspecified atom stereocenters. The van der Waals surface area contributed by atoms with E-state index in [0.29, 0.717) is 52.2 Å². The summed E-state index contributed by atoms with van der Waals surface area (Å²) in [7, 11) is 0. The van der Waals surface area contributed by atoms with Gasteiger partial charge in [-0.15, -0.1) is 0 Å². The first kappa shape index (κ1) is 15.2. The maximum absolute atomic E-state index is 13.9. The Hall–Kier alpha value is -1.69. The zero-order valence-corrected chi connectivity index (χ0v) is 13.8. The number of rotatable bonds is 1. The Morgan fingerprint density at radius 2 is 2.00 bits per heavy atom. The monoisotopic (exact) mass is 369 g/mol. The predicted octanol–water partition coefficient (Wildman–Crippen LogP) is 4.53. The number of aryl methyl sites for hydroxylation is 2. The van der Waals surface area contributed by atoms with E-state index in [-0.39, 0.29) is 5.91 Å². The maximum Gasteiger partial charge on any atom is 0.262 e. The molecule has 6 heteroatoms. The fraction of sp³-hybridized carbons (Fsp3) is 0.312. The number of hydrogen-bond acceptors (Lipinski definition) is 2. The van der Waals surface area contributed by atoms with Crippen molar-refractivity contribution < 1.29 is 18.0 Å². The number of amides is 1. The largest absolute Gasteiger partial charge is 0.465 e. The van der Waals surface area contributed by atoms with Crippen LogP contribution in [0.5, 0.6) is 0 Å². The van der Waals surface area contributed by atoms with Crippen LogP contribution in [-0.4, -0.2) is 12.5 Å². The molecule has 22 heavy (non-hydrogen) atoms. The molecule has 0 radical (unpaired) electrons. The number of halogens is 3. The van der Waals surface area contributed by atoms with Crippen LogP contribution in [-0.2, 0) is 6.42 Å². The molecule has 1 amide bonds. The van der Waals surface area contributed by atoms with E-state index in [1.807, 2.05) is 0 Å². The van der Waals surface area contributed by atoms with Gasteiger partial charge < -0.3 is 9.32 Å². The molecule has 2 heterocycles. The van der Waals surface area contributed by atoms with Crippen LogP contribution in [0.25, 0.3) is 0 Å². The number of carbonyl (C=O) groups is 1. The molecule has 3 rings (SSSR count). The summed E-state index contributed by atoms with van der Waals surface area (Å²) in [4.78, 5) is 14.3. The van der Waals surface area contributed by atoms with Crippen LogP contribution in [0.3, 0.4) is 0 Å². The van der Waals surface area contributed by atoms with E-state index in [0.717, 1.165) is 6.07 Å². The molecule has 0 N–H and O–H groups in total. The Labute approximate surface area is 135 Å². The van der Waals surface area contributed by atoms with Gasteiger partial charge in [-0.2, -0.15) is 0 Å². The molecule has 3 nitrogen and oxygen atoms in total. The molecule has 0 spiro atoms. The minimum absolute atomic E-state index is 0.305. The predicted molar refractivity (Wildman–Crippen MR) is 82.2 cm³/mol. The van der Waals surface area contributed by atoms with Gasteiger partial charge in [-0.05, 0) is 48.7 Å². The Bertz CT molecular complexity index is 770. The number of anilines is 1. The lowest BCUT2D eigenvalue weighted by Crippen LogP contribution is -2.36. The highest BCUT2D eigenvalue weighted by Gasteiger charge is 2.30. The summed E-state index contributed by atoms with van der Waals surface area (Å²) in [6, 6.07) is 2.07. The summed E-state index contributed by atoms with van der Waals surface area (Å²) in [5, 5.41) is 0. The van der Waals surface area contributed by atoms with Gasteiger partial charge in [0.25, 0.3) is 5.91 Å². The van der Waals surface area contributed by atoms with Crippen LogP contribution in [0.15, 0.2) is 21.0 Å². The van der Waals surface area contributed by atoms with Crippen molar-refractivity contribution in [3.8, 4) is 0 Å². The third-order valence-corrected chi connectivity index (χ3v) is 4.84. The van der Waals surface area contributed by atoms with E-state index in [9.17, 15) is 13.6 Å². The zero-order valence-electron chi connectivity index (χ0n) is 12.2. The number of benzene rings is 1. The van der Waals surface area contributed by atoms with Crippen molar-refractivity contribution in [2.24, 2.45) is 0 Å². The Morgan fingerprint density at radius 3 is 2.64 bits per heavy atom. The molecule has 0 bridgehead atoms. The van der Waals surface area contributed by atoms with Crippen molar-refractivity contribution in [2.75, 3.05) is 11.4 Å². The summed E-state index contributed by atoms with van der Waals surface area (Å²) >= 11 is 3.35. The van der Waals surface area contributed by atoms with Gasteiger partial charge >= 0.3 is 0 Å². The van der Waals surface area contributed by atoms with Crippen molar-refractivity contribution in [2.45, 2.75) is 26.7 Å². The molecule has 0 fully saturated rings. The van der Waals surface area contributed by atoms with Gasteiger partial charge in [-0.25, -0.2) is 8.78 Å². The van der Waals surface area contributed by atoms with Crippen molar-refractivity contribution in [1.82, 2.24) is 0 Å². The number of carbonyl (C=O) groups excluding carboxylic acids is 1. The summed E-state index contributed by atoms with van der Waals surface area (Å²) in [5.41, 5.74) is 1.09. The van der Waals surface area contributed by atoms with Crippen LogP contribution >= 0.6 is 15.9 Å². The van der Waals surface area contributed by atoms with Gasteiger partial charge in [0.1, 0.15) is 23.2 Å². The average molecular weight is 370 g/mol. The van der Waals surface area contributed by atoms with Gasteiger partial charge in [0.2, 0.25) is 0 Å². The summed E-state index contributed by atoms with van der Waals surface area (Å²) < 4.78 is 33.5. The van der Waals surface area contributed by atoms with Crippen LogP contribution < -0.4 is 4.90 Å². The zero-order chi connectivity index (χ0) is 16.0. The molecule has 0 atom stereocenters. The number of furan rings is 1. The van der Waals surface area contributed by atoms with Gasteiger partial charge in [0.05, 0.1) is 15.7 Å². The molecule has 116 valence electrons. The summed E-state index contributed by atoms with van der Waals surface area (Å²) in [6.45, 7) is 3.87. The minimum Gasteiger partial charge on any atom is -0.465 e. The van der Waals surface area contributed by atoms with E-state index >= 15 is 0 Å². The van der Waals surface area contributed by atoms with Crippen LogP contribution in [0.4, 0.5) is 14.5 Å². The van der Waals surface area contributed by atoms with Crippen LogP contribution in [0.1, 0.15) is 33.9 Å². The Kier molecular flexibility index (Phi) is 3.80. The minimum atomic E-state index is -0.685. The van der Waals surface area contributed by atoms with E-state index in [1.54, 1.807) is 13.8 Å². The second kappa shape index (κ2) is 5.50.